The summed E-state index contributed by atoms with van der Waals surface area (Å²) in [6, 6.07) is 3.31. The lowest BCUT2D eigenvalue weighted by atomic mass is 9.85. The molecular weight excluding hydrogens is 470 g/mol. The zero-order valence-electron chi connectivity index (χ0n) is 21.4. The molecule has 4 fully saturated rings. The maximum absolute atomic E-state index is 13.7. The van der Waals surface area contributed by atoms with Gasteiger partial charge in [-0.25, -0.2) is 18.6 Å². The van der Waals surface area contributed by atoms with E-state index in [1.54, 1.807) is 21.9 Å². The van der Waals surface area contributed by atoms with Crippen molar-refractivity contribution < 1.29 is 27.8 Å². The molecule has 5 rings (SSSR count). The number of likely N-dealkylation sites (tertiary alicyclic amines) is 2. The van der Waals surface area contributed by atoms with Crippen molar-refractivity contribution in [1.29, 1.82) is 0 Å². The normalized spacial score (nSPS) is 23.0. The number of rotatable bonds is 5. The first-order valence-corrected chi connectivity index (χ1v) is 13.0. The van der Waals surface area contributed by atoms with Crippen molar-refractivity contribution in [3.8, 4) is 5.88 Å². The van der Waals surface area contributed by atoms with Crippen molar-refractivity contribution in [3.63, 3.8) is 0 Å². The van der Waals surface area contributed by atoms with Crippen molar-refractivity contribution in [3.05, 3.63) is 17.8 Å². The molecule has 1 spiro atoms. The van der Waals surface area contributed by atoms with Gasteiger partial charge in [0.25, 0.3) is 11.8 Å². The number of anilines is 1. The van der Waals surface area contributed by atoms with Gasteiger partial charge < -0.3 is 24.2 Å². The second-order valence-corrected chi connectivity index (χ2v) is 11.7. The molecule has 4 aliphatic rings. The van der Waals surface area contributed by atoms with Gasteiger partial charge in [0.2, 0.25) is 5.88 Å². The van der Waals surface area contributed by atoms with Gasteiger partial charge in [-0.05, 0) is 77.3 Å². The number of alkyl halides is 2. The molecule has 1 saturated carbocycles. The molecule has 1 aromatic heterocycles. The molecule has 10 heteroatoms. The van der Waals surface area contributed by atoms with Crippen molar-refractivity contribution in [2.75, 3.05) is 44.2 Å². The van der Waals surface area contributed by atoms with Crippen LogP contribution in [0.15, 0.2) is 12.1 Å². The van der Waals surface area contributed by atoms with E-state index in [9.17, 15) is 18.4 Å². The average molecular weight is 507 g/mol. The number of aromatic nitrogens is 1. The standard InChI is InChI=1S/C26H36F2N4O4/c1-24(2,3)36-23(34)30-13-10-25(11-14-30)9-4-12-32(25)22(33)19-7-8-20(31-16-26(27,28)17-31)21(29-19)35-15-18-5-6-18/h7-8,18H,4-6,9-17H2,1-3H3. The number of hydrogen-bond acceptors (Lipinski definition) is 6. The molecule has 0 N–H and O–H groups in total. The number of carbonyl (C=O) groups excluding carboxylic acids is 2. The molecule has 2 amide bonds. The number of pyridine rings is 1. The first-order valence-electron chi connectivity index (χ1n) is 13.0. The Balaban J connectivity index is 1.30. The lowest BCUT2D eigenvalue weighted by Crippen LogP contribution is -2.56. The van der Waals surface area contributed by atoms with E-state index in [1.807, 2.05) is 25.7 Å². The van der Waals surface area contributed by atoms with Crippen molar-refractivity contribution >= 4 is 17.7 Å². The smallest absolute Gasteiger partial charge is 0.410 e. The monoisotopic (exact) mass is 506 g/mol. The van der Waals surface area contributed by atoms with Crippen LogP contribution < -0.4 is 9.64 Å². The Morgan fingerprint density at radius 1 is 1.08 bits per heavy atom. The minimum atomic E-state index is -2.71. The van der Waals surface area contributed by atoms with Crippen LogP contribution >= 0.6 is 0 Å². The third kappa shape index (κ3) is 5.22. The summed E-state index contributed by atoms with van der Waals surface area (Å²) in [4.78, 5) is 35.9. The van der Waals surface area contributed by atoms with Gasteiger partial charge in [0, 0.05) is 25.2 Å². The first-order chi connectivity index (χ1) is 16.9. The van der Waals surface area contributed by atoms with Crippen LogP contribution in [0.25, 0.3) is 0 Å². The molecule has 1 aliphatic carbocycles. The molecule has 0 atom stereocenters. The zero-order chi connectivity index (χ0) is 25.7. The molecule has 3 aliphatic heterocycles. The first kappa shape index (κ1) is 25.0. The van der Waals surface area contributed by atoms with Crippen molar-refractivity contribution in [1.82, 2.24) is 14.8 Å². The third-order valence-electron chi connectivity index (χ3n) is 7.58. The van der Waals surface area contributed by atoms with Crippen molar-refractivity contribution in [2.45, 2.75) is 76.4 Å². The van der Waals surface area contributed by atoms with Crippen LogP contribution in [0, 0.1) is 5.92 Å². The molecule has 0 unspecified atom stereocenters. The summed E-state index contributed by atoms with van der Waals surface area (Å²) < 4.78 is 38.5. The Hall–Kier alpha value is -2.65. The molecule has 3 saturated heterocycles. The van der Waals surface area contributed by atoms with E-state index in [0.717, 1.165) is 25.7 Å². The summed E-state index contributed by atoms with van der Waals surface area (Å²) in [5.41, 5.74) is -0.0811. The van der Waals surface area contributed by atoms with E-state index in [0.29, 0.717) is 50.7 Å². The van der Waals surface area contributed by atoms with Crippen LogP contribution in [0.1, 0.15) is 69.8 Å². The van der Waals surface area contributed by atoms with Crippen molar-refractivity contribution in [2.24, 2.45) is 5.92 Å². The van der Waals surface area contributed by atoms with Gasteiger partial charge in [0.05, 0.1) is 19.7 Å². The van der Waals surface area contributed by atoms with Gasteiger partial charge in [-0.3, -0.25) is 4.79 Å². The molecule has 1 aromatic rings. The fourth-order valence-corrected chi connectivity index (χ4v) is 5.41. The Morgan fingerprint density at radius 3 is 2.39 bits per heavy atom. The van der Waals surface area contributed by atoms with Gasteiger partial charge in [-0.1, -0.05) is 0 Å². The summed E-state index contributed by atoms with van der Waals surface area (Å²) in [6.45, 7) is 6.98. The summed E-state index contributed by atoms with van der Waals surface area (Å²) in [5.74, 6) is -2.15. The van der Waals surface area contributed by atoms with Crippen LogP contribution in [-0.2, 0) is 4.74 Å². The molecule has 4 heterocycles. The summed E-state index contributed by atoms with van der Waals surface area (Å²) in [6.07, 6.45) is 5.00. The average Bonchev–Trinajstić information content (AvgIpc) is 3.54. The number of halogens is 2. The molecular formula is C26H36F2N4O4. The highest BCUT2D eigenvalue weighted by Gasteiger charge is 2.48. The van der Waals surface area contributed by atoms with E-state index < -0.39 is 11.5 Å². The minimum absolute atomic E-state index is 0.171. The van der Waals surface area contributed by atoms with Gasteiger partial charge in [0.15, 0.2) is 0 Å². The van der Waals surface area contributed by atoms with Crippen LogP contribution in [0.5, 0.6) is 5.88 Å². The van der Waals surface area contributed by atoms with E-state index in [2.05, 4.69) is 4.98 Å². The van der Waals surface area contributed by atoms with Crippen LogP contribution in [0.4, 0.5) is 19.3 Å². The number of amides is 2. The highest BCUT2D eigenvalue weighted by Crippen LogP contribution is 2.41. The molecule has 36 heavy (non-hydrogen) atoms. The fraction of sp³-hybridized carbons (Fsp3) is 0.731. The number of piperidine rings is 1. The largest absolute Gasteiger partial charge is 0.476 e. The summed E-state index contributed by atoms with van der Waals surface area (Å²) in [7, 11) is 0. The van der Waals surface area contributed by atoms with E-state index in [4.69, 9.17) is 9.47 Å². The van der Waals surface area contributed by atoms with Crippen LogP contribution in [0.3, 0.4) is 0 Å². The number of nitrogens with zero attached hydrogens (tertiary/aromatic N) is 4. The van der Waals surface area contributed by atoms with E-state index in [1.165, 1.54) is 0 Å². The maximum Gasteiger partial charge on any atom is 0.410 e. The summed E-state index contributed by atoms with van der Waals surface area (Å²) in [5, 5.41) is 0. The summed E-state index contributed by atoms with van der Waals surface area (Å²) >= 11 is 0. The molecule has 0 radical (unpaired) electrons. The predicted octanol–water partition coefficient (Wildman–Crippen LogP) is 4.33. The third-order valence-corrected chi connectivity index (χ3v) is 7.58. The topological polar surface area (TPSA) is 75.2 Å². The minimum Gasteiger partial charge on any atom is -0.476 e. The Kier molecular flexibility index (Phi) is 6.27. The SMILES string of the molecule is CC(C)(C)OC(=O)N1CCC2(CCCN2C(=O)c2ccc(N3CC(F)(F)C3)c(OCC3CC3)n2)CC1. The van der Waals surface area contributed by atoms with E-state index >= 15 is 0 Å². The zero-order valence-corrected chi connectivity index (χ0v) is 21.4. The van der Waals surface area contributed by atoms with Gasteiger partial charge >= 0.3 is 6.09 Å². The molecule has 198 valence electrons. The highest BCUT2D eigenvalue weighted by molar-refractivity contribution is 5.93. The quantitative estimate of drug-likeness (QED) is 0.592. The second kappa shape index (κ2) is 9.03. The lowest BCUT2D eigenvalue weighted by Gasteiger charge is -2.45. The van der Waals surface area contributed by atoms with Crippen LogP contribution in [0.2, 0.25) is 0 Å². The molecule has 8 nitrogen and oxygen atoms in total. The highest BCUT2D eigenvalue weighted by atomic mass is 19.3. The predicted molar refractivity (Wildman–Crippen MR) is 130 cm³/mol. The van der Waals surface area contributed by atoms with Crippen LogP contribution in [-0.4, -0.2) is 83.2 Å². The van der Waals surface area contributed by atoms with Gasteiger partial charge in [-0.2, -0.15) is 0 Å². The fourth-order valence-electron chi connectivity index (χ4n) is 5.41. The molecule has 0 aromatic carbocycles. The number of hydrogen-bond donors (Lipinski definition) is 0. The van der Waals surface area contributed by atoms with Gasteiger partial charge in [-0.15, -0.1) is 0 Å². The Bertz CT molecular complexity index is 1010. The maximum atomic E-state index is 13.7. The number of ether oxygens (including phenoxy) is 2. The Labute approximate surface area is 210 Å². The second-order valence-electron chi connectivity index (χ2n) is 11.7. The lowest BCUT2D eigenvalue weighted by molar-refractivity contribution is -0.0266. The number of carbonyl (C=O) groups is 2. The van der Waals surface area contributed by atoms with E-state index in [-0.39, 0.29) is 42.2 Å². The Morgan fingerprint density at radius 2 is 1.78 bits per heavy atom. The molecule has 0 bridgehead atoms. The van der Waals surface area contributed by atoms with Gasteiger partial charge in [0.1, 0.15) is 17.0 Å².